The lowest BCUT2D eigenvalue weighted by Crippen LogP contribution is -2.14. The molecule has 1 fully saturated rings. The van der Waals surface area contributed by atoms with Gasteiger partial charge in [-0.1, -0.05) is 12.1 Å². The van der Waals surface area contributed by atoms with Crippen LogP contribution >= 0.6 is 0 Å². The molecular weight excluding hydrogens is 206 g/mol. The Morgan fingerprint density at radius 1 is 1.62 bits per heavy atom. The quantitative estimate of drug-likeness (QED) is 0.819. The fraction of sp³-hybridized carbons (Fsp3) is 0.818. The molecular formula is C11H19N3O2. The molecule has 5 heteroatoms. The maximum Gasteiger partial charge on any atom is 0.227 e. The van der Waals surface area contributed by atoms with E-state index in [-0.39, 0.29) is 6.04 Å². The minimum Gasteiger partial charge on any atom is -0.384 e. The summed E-state index contributed by atoms with van der Waals surface area (Å²) in [6.07, 6.45) is 3.08. The Morgan fingerprint density at radius 3 is 3.19 bits per heavy atom. The fourth-order valence-corrected chi connectivity index (χ4v) is 2.04. The number of nitrogens with one attached hydrogen (secondary N) is 1. The molecule has 2 rings (SSSR count). The van der Waals surface area contributed by atoms with Crippen molar-refractivity contribution in [2.75, 3.05) is 20.3 Å². The summed E-state index contributed by atoms with van der Waals surface area (Å²) in [6, 6.07) is 0.287. The van der Waals surface area contributed by atoms with Crippen LogP contribution in [0.15, 0.2) is 4.52 Å². The van der Waals surface area contributed by atoms with Crippen LogP contribution in [0.3, 0.4) is 0 Å². The maximum absolute atomic E-state index is 5.24. The molecule has 5 nitrogen and oxygen atoms in total. The number of hydrogen-bond donors (Lipinski definition) is 1. The lowest BCUT2D eigenvalue weighted by atomic mass is 10.1. The maximum atomic E-state index is 5.24. The molecule has 1 N–H and O–H groups in total. The molecule has 1 aromatic heterocycles. The number of hydrogen-bond acceptors (Lipinski definition) is 5. The van der Waals surface area contributed by atoms with Crippen LogP contribution in [-0.4, -0.2) is 30.4 Å². The molecule has 0 radical (unpaired) electrons. The van der Waals surface area contributed by atoms with E-state index in [1.165, 1.54) is 6.42 Å². The first kappa shape index (κ1) is 11.5. The van der Waals surface area contributed by atoms with Crippen LogP contribution in [0, 0.1) is 5.92 Å². The van der Waals surface area contributed by atoms with Crippen molar-refractivity contribution >= 4 is 0 Å². The molecule has 0 aliphatic carbocycles. The molecule has 1 saturated heterocycles. The van der Waals surface area contributed by atoms with Crippen molar-refractivity contribution in [2.24, 2.45) is 5.92 Å². The largest absolute Gasteiger partial charge is 0.384 e. The van der Waals surface area contributed by atoms with Crippen molar-refractivity contribution in [3.05, 3.63) is 11.7 Å². The summed E-state index contributed by atoms with van der Waals surface area (Å²) < 4.78 is 10.3. The second-order valence-electron chi connectivity index (χ2n) is 4.46. The zero-order valence-corrected chi connectivity index (χ0v) is 9.90. The third-order valence-corrected chi connectivity index (χ3v) is 2.83. The van der Waals surface area contributed by atoms with Crippen LogP contribution in [0.4, 0.5) is 0 Å². The van der Waals surface area contributed by atoms with E-state index in [4.69, 9.17) is 9.26 Å². The van der Waals surface area contributed by atoms with Crippen molar-refractivity contribution < 1.29 is 9.26 Å². The van der Waals surface area contributed by atoms with Gasteiger partial charge in [0.1, 0.15) is 0 Å². The van der Waals surface area contributed by atoms with E-state index < -0.39 is 0 Å². The molecule has 1 aliphatic heterocycles. The van der Waals surface area contributed by atoms with Gasteiger partial charge < -0.3 is 14.6 Å². The first-order chi connectivity index (χ1) is 7.79. The van der Waals surface area contributed by atoms with Crippen molar-refractivity contribution in [3.63, 3.8) is 0 Å². The zero-order chi connectivity index (χ0) is 11.4. The summed E-state index contributed by atoms with van der Waals surface area (Å²) >= 11 is 0. The summed E-state index contributed by atoms with van der Waals surface area (Å²) in [6.45, 7) is 3.88. The minimum absolute atomic E-state index is 0.287. The van der Waals surface area contributed by atoms with Gasteiger partial charge in [-0.15, -0.1) is 0 Å². The van der Waals surface area contributed by atoms with Gasteiger partial charge in [0, 0.05) is 20.1 Å². The van der Waals surface area contributed by atoms with Crippen LogP contribution in [0.1, 0.15) is 37.5 Å². The lowest BCUT2D eigenvalue weighted by Gasteiger charge is -2.05. The number of nitrogens with zero attached hydrogens (tertiary/aromatic N) is 2. The van der Waals surface area contributed by atoms with Crippen LogP contribution < -0.4 is 5.32 Å². The van der Waals surface area contributed by atoms with Gasteiger partial charge in [-0.2, -0.15) is 4.98 Å². The molecule has 1 aromatic rings. The molecule has 0 bridgehead atoms. The highest BCUT2D eigenvalue weighted by Crippen LogP contribution is 2.20. The van der Waals surface area contributed by atoms with Crippen LogP contribution in [0.5, 0.6) is 0 Å². The SMILES string of the molecule is COCC(C)Cc1nc(C2CCCN2)no1. The van der Waals surface area contributed by atoms with Gasteiger partial charge in [-0.25, -0.2) is 0 Å². The van der Waals surface area contributed by atoms with E-state index in [0.29, 0.717) is 11.8 Å². The zero-order valence-electron chi connectivity index (χ0n) is 9.90. The van der Waals surface area contributed by atoms with Crippen LogP contribution in [-0.2, 0) is 11.2 Å². The van der Waals surface area contributed by atoms with E-state index in [1.54, 1.807) is 7.11 Å². The van der Waals surface area contributed by atoms with Crippen LogP contribution in [0.2, 0.25) is 0 Å². The normalized spacial score (nSPS) is 22.5. The molecule has 2 atom stereocenters. The standard InChI is InChI=1S/C11H19N3O2/c1-8(7-15-2)6-10-13-11(14-16-10)9-4-3-5-12-9/h8-9,12H,3-7H2,1-2H3. The van der Waals surface area contributed by atoms with E-state index in [9.17, 15) is 0 Å². The van der Waals surface area contributed by atoms with E-state index in [2.05, 4.69) is 22.4 Å². The number of methoxy groups -OCH3 is 1. The summed E-state index contributed by atoms with van der Waals surface area (Å²) in [4.78, 5) is 4.42. The predicted octanol–water partition coefficient (Wildman–Crippen LogP) is 1.32. The Balaban J connectivity index is 1.91. The Bertz CT molecular complexity index is 321. The number of ether oxygens (including phenoxy) is 1. The van der Waals surface area contributed by atoms with Crippen molar-refractivity contribution in [1.82, 2.24) is 15.5 Å². The Kier molecular flexibility index (Phi) is 3.90. The topological polar surface area (TPSA) is 60.2 Å². The highest BCUT2D eigenvalue weighted by atomic mass is 16.5. The lowest BCUT2D eigenvalue weighted by molar-refractivity contribution is 0.155. The average Bonchev–Trinajstić information content (AvgIpc) is 2.86. The Hall–Kier alpha value is -0.940. The summed E-state index contributed by atoms with van der Waals surface area (Å²) in [5.74, 6) is 1.93. The third kappa shape index (κ3) is 2.80. The minimum atomic E-state index is 0.287. The third-order valence-electron chi connectivity index (χ3n) is 2.83. The average molecular weight is 225 g/mol. The van der Waals surface area contributed by atoms with Gasteiger partial charge in [0.15, 0.2) is 5.82 Å². The van der Waals surface area contributed by atoms with Crippen molar-refractivity contribution in [2.45, 2.75) is 32.2 Å². The summed E-state index contributed by atoms with van der Waals surface area (Å²) in [5.41, 5.74) is 0. The predicted molar refractivity (Wildman–Crippen MR) is 59.0 cm³/mol. The molecule has 1 aliphatic rings. The second-order valence-corrected chi connectivity index (χ2v) is 4.46. The van der Waals surface area contributed by atoms with E-state index >= 15 is 0 Å². The summed E-state index contributed by atoms with van der Waals surface area (Å²) in [7, 11) is 1.71. The van der Waals surface area contributed by atoms with Gasteiger partial charge in [-0.05, 0) is 25.3 Å². The fourth-order valence-electron chi connectivity index (χ4n) is 2.04. The Morgan fingerprint density at radius 2 is 2.50 bits per heavy atom. The molecule has 90 valence electrons. The monoisotopic (exact) mass is 225 g/mol. The smallest absolute Gasteiger partial charge is 0.227 e. The molecule has 0 saturated carbocycles. The first-order valence-corrected chi connectivity index (χ1v) is 5.84. The van der Waals surface area contributed by atoms with E-state index in [1.807, 2.05) is 0 Å². The second kappa shape index (κ2) is 5.41. The highest BCUT2D eigenvalue weighted by molar-refractivity contribution is 4.97. The van der Waals surface area contributed by atoms with Gasteiger partial charge in [0.05, 0.1) is 6.04 Å². The highest BCUT2D eigenvalue weighted by Gasteiger charge is 2.22. The van der Waals surface area contributed by atoms with E-state index in [0.717, 1.165) is 31.8 Å². The van der Waals surface area contributed by atoms with Gasteiger partial charge in [-0.3, -0.25) is 0 Å². The van der Waals surface area contributed by atoms with Gasteiger partial charge in [0.2, 0.25) is 5.89 Å². The van der Waals surface area contributed by atoms with Crippen molar-refractivity contribution in [3.8, 4) is 0 Å². The molecule has 0 amide bonds. The number of aromatic nitrogens is 2. The molecule has 2 unspecified atom stereocenters. The molecule has 16 heavy (non-hydrogen) atoms. The molecule has 2 heterocycles. The van der Waals surface area contributed by atoms with Crippen LogP contribution in [0.25, 0.3) is 0 Å². The molecule has 0 spiro atoms. The van der Waals surface area contributed by atoms with Crippen molar-refractivity contribution in [1.29, 1.82) is 0 Å². The van der Waals surface area contributed by atoms with Gasteiger partial charge in [0.25, 0.3) is 0 Å². The number of rotatable bonds is 5. The first-order valence-electron chi connectivity index (χ1n) is 5.84. The molecule has 0 aromatic carbocycles. The summed E-state index contributed by atoms with van der Waals surface area (Å²) in [5, 5.41) is 7.38. The van der Waals surface area contributed by atoms with Gasteiger partial charge >= 0.3 is 0 Å². The Labute approximate surface area is 95.6 Å².